The highest BCUT2D eigenvalue weighted by molar-refractivity contribution is 5.31. The molecule has 0 amide bonds. The van der Waals surface area contributed by atoms with Crippen molar-refractivity contribution in [1.82, 2.24) is 0 Å². The standard InChI is InChI=1S/C12H17F2NO2/c1-8(7-16-2)17-12-10(13)5-9(3-4-15)6-11(12)14/h5-6,8H,3-4,7,15H2,1-2H3. The van der Waals surface area contributed by atoms with E-state index in [-0.39, 0.29) is 12.4 Å². The minimum absolute atomic E-state index is 0.267. The molecule has 17 heavy (non-hydrogen) atoms. The number of rotatable bonds is 6. The first-order valence-electron chi connectivity index (χ1n) is 5.42. The first-order chi connectivity index (χ1) is 8.08. The van der Waals surface area contributed by atoms with Gasteiger partial charge >= 0.3 is 0 Å². The van der Waals surface area contributed by atoms with Crippen LogP contribution in [0, 0.1) is 11.6 Å². The Balaban J connectivity index is 2.85. The second-order valence-electron chi connectivity index (χ2n) is 3.81. The molecule has 0 heterocycles. The van der Waals surface area contributed by atoms with Gasteiger partial charge in [-0.1, -0.05) is 0 Å². The third-order valence-corrected chi connectivity index (χ3v) is 2.21. The van der Waals surface area contributed by atoms with Gasteiger partial charge in [0.2, 0.25) is 0 Å². The van der Waals surface area contributed by atoms with Crippen molar-refractivity contribution in [3.8, 4) is 5.75 Å². The van der Waals surface area contributed by atoms with Crippen LogP contribution >= 0.6 is 0 Å². The van der Waals surface area contributed by atoms with Gasteiger partial charge in [0.25, 0.3) is 0 Å². The van der Waals surface area contributed by atoms with Crippen molar-refractivity contribution in [2.24, 2.45) is 5.73 Å². The number of halogens is 2. The van der Waals surface area contributed by atoms with Gasteiger partial charge in [0, 0.05) is 7.11 Å². The van der Waals surface area contributed by atoms with Gasteiger partial charge in [-0.2, -0.15) is 0 Å². The van der Waals surface area contributed by atoms with Crippen LogP contribution in [0.1, 0.15) is 12.5 Å². The van der Waals surface area contributed by atoms with Gasteiger partial charge in [-0.25, -0.2) is 8.78 Å². The van der Waals surface area contributed by atoms with Gasteiger partial charge in [-0.05, 0) is 37.6 Å². The number of benzene rings is 1. The minimum Gasteiger partial charge on any atom is -0.482 e. The Morgan fingerprint density at radius 3 is 2.35 bits per heavy atom. The van der Waals surface area contributed by atoms with Crippen LogP contribution in [0.25, 0.3) is 0 Å². The lowest BCUT2D eigenvalue weighted by Gasteiger charge is -2.15. The van der Waals surface area contributed by atoms with Crippen molar-refractivity contribution in [2.45, 2.75) is 19.4 Å². The largest absolute Gasteiger partial charge is 0.482 e. The first-order valence-corrected chi connectivity index (χ1v) is 5.42. The molecule has 1 atom stereocenters. The predicted molar refractivity (Wildman–Crippen MR) is 61.1 cm³/mol. The summed E-state index contributed by atoms with van der Waals surface area (Å²) in [7, 11) is 1.50. The Hall–Kier alpha value is -1.20. The average Bonchev–Trinajstić information content (AvgIpc) is 2.24. The van der Waals surface area contributed by atoms with Crippen LogP contribution in [0.15, 0.2) is 12.1 Å². The summed E-state index contributed by atoms with van der Waals surface area (Å²) in [5.74, 6) is -1.79. The van der Waals surface area contributed by atoms with E-state index in [1.165, 1.54) is 19.2 Å². The summed E-state index contributed by atoms with van der Waals surface area (Å²) in [5.41, 5.74) is 5.85. The fraction of sp³-hybridized carbons (Fsp3) is 0.500. The highest BCUT2D eigenvalue weighted by Gasteiger charge is 2.15. The topological polar surface area (TPSA) is 44.5 Å². The maximum Gasteiger partial charge on any atom is 0.191 e. The van der Waals surface area contributed by atoms with Gasteiger partial charge in [-0.15, -0.1) is 0 Å². The van der Waals surface area contributed by atoms with Crippen molar-refractivity contribution in [3.05, 3.63) is 29.3 Å². The summed E-state index contributed by atoms with van der Waals surface area (Å²) in [5, 5.41) is 0. The van der Waals surface area contributed by atoms with Crippen LogP contribution in [-0.4, -0.2) is 26.4 Å². The molecule has 2 N–H and O–H groups in total. The molecule has 0 aliphatic heterocycles. The Labute approximate surface area is 99.5 Å². The van der Waals surface area contributed by atoms with E-state index in [4.69, 9.17) is 15.2 Å². The molecule has 0 aromatic heterocycles. The van der Waals surface area contributed by atoms with Gasteiger partial charge in [-0.3, -0.25) is 0 Å². The Kier molecular flexibility index (Phi) is 5.31. The molecule has 1 unspecified atom stereocenters. The monoisotopic (exact) mass is 245 g/mol. The maximum absolute atomic E-state index is 13.6. The average molecular weight is 245 g/mol. The molecule has 96 valence electrons. The van der Waals surface area contributed by atoms with Crippen molar-refractivity contribution < 1.29 is 18.3 Å². The van der Waals surface area contributed by atoms with Gasteiger partial charge in [0.1, 0.15) is 6.10 Å². The lowest BCUT2D eigenvalue weighted by atomic mass is 10.1. The molecule has 0 fully saturated rings. The fourth-order valence-corrected chi connectivity index (χ4v) is 1.51. The van der Waals surface area contributed by atoms with Crippen molar-refractivity contribution in [3.63, 3.8) is 0 Å². The molecule has 1 aromatic carbocycles. The number of methoxy groups -OCH3 is 1. The summed E-state index contributed by atoms with van der Waals surface area (Å²) in [4.78, 5) is 0. The molecule has 0 radical (unpaired) electrons. The third-order valence-electron chi connectivity index (χ3n) is 2.21. The molecule has 0 bridgehead atoms. The normalized spacial score (nSPS) is 12.5. The van der Waals surface area contributed by atoms with E-state index in [2.05, 4.69) is 0 Å². The summed E-state index contributed by atoms with van der Waals surface area (Å²) in [6.45, 7) is 2.29. The summed E-state index contributed by atoms with van der Waals surface area (Å²) in [6, 6.07) is 2.48. The molecule has 5 heteroatoms. The van der Waals surface area contributed by atoms with Crippen LogP contribution in [0.2, 0.25) is 0 Å². The molecule has 0 aliphatic carbocycles. The SMILES string of the molecule is COCC(C)Oc1c(F)cc(CCN)cc1F. The maximum atomic E-state index is 13.6. The third kappa shape index (κ3) is 3.94. The van der Waals surface area contributed by atoms with Gasteiger partial charge in [0.05, 0.1) is 6.61 Å². The fourth-order valence-electron chi connectivity index (χ4n) is 1.51. The van der Waals surface area contributed by atoms with Crippen molar-refractivity contribution >= 4 is 0 Å². The van der Waals surface area contributed by atoms with Gasteiger partial charge < -0.3 is 15.2 Å². The number of hydrogen-bond acceptors (Lipinski definition) is 3. The molecular formula is C12H17F2NO2. The van der Waals surface area contributed by atoms with Crippen LogP contribution in [0.4, 0.5) is 8.78 Å². The van der Waals surface area contributed by atoms with E-state index in [0.717, 1.165) is 0 Å². The zero-order valence-electron chi connectivity index (χ0n) is 10.0. The van der Waals surface area contributed by atoms with E-state index >= 15 is 0 Å². The molecule has 0 spiro atoms. The molecule has 0 aliphatic rings. The number of nitrogens with two attached hydrogens (primary N) is 1. The lowest BCUT2D eigenvalue weighted by molar-refractivity contribution is 0.0862. The second-order valence-corrected chi connectivity index (χ2v) is 3.81. The molecule has 0 saturated carbocycles. The van der Waals surface area contributed by atoms with Crippen LogP contribution in [-0.2, 0) is 11.2 Å². The zero-order chi connectivity index (χ0) is 12.8. The van der Waals surface area contributed by atoms with Crippen LogP contribution < -0.4 is 10.5 Å². The zero-order valence-corrected chi connectivity index (χ0v) is 10.0. The summed E-state index contributed by atoms with van der Waals surface area (Å²) >= 11 is 0. The van der Waals surface area contributed by atoms with Crippen LogP contribution in [0.5, 0.6) is 5.75 Å². The highest BCUT2D eigenvalue weighted by atomic mass is 19.1. The highest BCUT2D eigenvalue weighted by Crippen LogP contribution is 2.24. The van der Waals surface area contributed by atoms with E-state index in [1.807, 2.05) is 0 Å². The van der Waals surface area contributed by atoms with E-state index in [9.17, 15) is 8.78 Å². The van der Waals surface area contributed by atoms with Crippen LogP contribution in [0.3, 0.4) is 0 Å². The molecule has 0 saturated heterocycles. The first kappa shape index (κ1) is 13.9. The van der Waals surface area contributed by atoms with Crippen molar-refractivity contribution in [2.75, 3.05) is 20.3 Å². The molecular weight excluding hydrogens is 228 g/mol. The Morgan fingerprint density at radius 1 is 1.29 bits per heavy atom. The summed E-state index contributed by atoms with van der Waals surface area (Å²) in [6.07, 6.45) is 0.0197. The van der Waals surface area contributed by atoms with Crippen molar-refractivity contribution in [1.29, 1.82) is 0 Å². The summed E-state index contributed by atoms with van der Waals surface area (Å²) < 4.78 is 37.2. The lowest BCUT2D eigenvalue weighted by Crippen LogP contribution is -2.19. The van der Waals surface area contributed by atoms with E-state index in [1.54, 1.807) is 6.92 Å². The van der Waals surface area contributed by atoms with E-state index < -0.39 is 17.7 Å². The van der Waals surface area contributed by atoms with Gasteiger partial charge in [0.15, 0.2) is 17.4 Å². The molecule has 1 aromatic rings. The molecule has 3 nitrogen and oxygen atoms in total. The Bertz CT molecular complexity index is 349. The minimum atomic E-state index is -0.712. The second kappa shape index (κ2) is 6.51. The number of ether oxygens (including phenoxy) is 2. The van der Waals surface area contributed by atoms with E-state index in [0.29, 0.717) is 18.5 Å². The molecule has 1 rings (SSSR count). The predicted octanol–water partition coefficient (Wildman–Crippen LogP) is 1.88. The Morgan fingerprint density at radius 2 is 1.88 bits per heavy atom. The number of hydrogen-bond donors (Lipinski definition) is 1. The quantitative estimate of drug-likeness (QED) is 0.832. The smallest absolute Gasteiger partial charge is 0.191 e.